The van der Waals surface area contributed by atoms with Crippen LogP contribution in [0.15, 0.2) is 18.2 Å². The van der Waals surface area contributed by atoms with Crippen LogP contribution in [0.4, 0.5) is 0 Å². The highest BCUT2D eigenvalue weighted by atomic mass is 16.5. The summed E-state index contributed by atoms with van der Waals surface area (Å²) >= 11 is 0. The van der Waals surface area contributed by atoms with Gasteiger partial charge in [0.05, 0.1) is 25.7 Å². The standard InChI is InChI=1S/C18H28BNO2/c1-14(2)18(13-20,10-7-11-19(3)4)15-8-9-16(21-5)17(12-15)22-6/h8-9,12,14H,7,10-11H2,1-6H3/t18-/m0/s1. The predicted molar refractivity (Wildman–Crippen MR) is 93.2 cm³/mol. The maximum absolute atomic E-state index is 9.93. The second kappa shape index (κ2) is 8.12. The number of methoxy groups -OCH3 is 2. The van der Waals surface area contributed by atoms with E-state index in [2.05, 4.69) is 33.6 Å². The summed E-state index contributed by atoms with van der Waals surface area (Å²) < 4.78 is 10.7. The van der Waals surface area contributed by atoms with Gasteiger partial charge in [-0.3, -0.25) is 0 Å². The fourth-order valence-electron chi connectivity index (χ4n) is 2.92. The van der Waals surface area contributed by atoms with E-state index in [0.29, 0.717) is 18.2 Å². The van der Waals surface area contributed by atoms with Crippen LogP contribution in [0.25, 0.3) is 0 Å². The minimum Gasteiger partial charge on any atom is -0.493 e. The largest absolute Gasteiger partial charge is 0.493 e. The van der Waals surface area contributed by atoms with Gasteiger partial charge in [0, 0.05) is 0 Å². The Morgan fingerprint density at radius 1 is 1.18 bits per heavy atom. The summed E-state index contributed by atoms with van der Waals surface area (Å²) in [6.45, 7) is 9.35. The van der Waals surface area contributed by atoms with Crippen LogP contribution < -0.4 is 9.47 Å². The van der Waals surface area contributed by atoms with Crippen molar-refractivity contribution in [3.63, 3.8) is 0 Å². The lowest BCUT2D eigenvalue weighted by atomic mass is 9.51. The van der Waals surface area contributed by atoms with E-state index in [1.807, 2.05) is 18.2 Å². The lowest BCUT2D eigenvalue weighted by Gasteiger charge is -2.32. The summed E-state index contributed by atoms with van der Waals surface area (Å²) in [5.41, 5.74) is 0.542. The number of hydrogen-bond acceptors (Lipinski definition) is 3. The lowest BCUT2D eigenvalue weighted by Crippen LogP contribution is -2.31. The Balaban J connectivity index is 3.19. The van der Waals surface area contributed by atoms with Crippen LogP contribution >= 0.6 is 0 Å². The third-order valence-corrected chi connectivity index (χ3v) is 4.44. The highest BCUT2D eigenvalue weighted by Crippen LogP contribution is 2.40. The molecule has 0 aliphatic heterocycles. The van der Waals surface area contributed by atoms with Crippen molar-refractivity contribution in [2.24, 2.45) is 5.92 Å². The van der Waals surface area contributed by atoms with Crippen LogP contribution in [0.2, 0.25) is 20.0 Å². The molecule has 3 nitrogen and oxygen atoms in total. The molecule has 0 aliphatic carbocycles. The highest BCUT2D eigenvalue weighted by Gasteiger charge is 2.36. The molecule has 1 aromatic carbocycles. The van der Waals surface area contributed by atoms with E-state index in [0.717, 1.165) is 24.7 Å². The number of nitrogens with zero attached hydrogens (tertiary/aromatic N) is 1. The molecule has 0 aliphatic rings. The van der Waals surface area contributed by atoms with Gasteiger partial charge in [0.1, 0.15) is 6.71 Å². The zero-order valence-electron chi connectivity index (χ0n) is 14.8. The van der Waals surface area contributed by atoms with Gasteiger partial charge in [0.25, 0.3) is 0 Å². The molecule has 0 spiro atoms. The van der Waals surface area contributed by atoms with E-state index >= 15 is 0 Å². The van der Waals surface area contributed by atoms with Crippen molar-refractivity contribution in [1.82, 2.24) is 0 Å². The summed E-state index contributed by atoms with van der Waals surface area (Å²) in [5, 5.41) is 9.93. The van der Waals surface area contributed by atoms with Gasteiger partial charge < -0.3 is 9.47 Å². The number of nitriles is 1. The molecule has 0 bridgehead atoms. The first-order valence-electron chi connectivity index (χ1n) is 8.05. The molecule has 0 saturated carbocycles. The Morgan fingerprint density at radius 3 is 2.27 bits per heavy atom. The topological polar surface area (TPSA) is 42.2 Å². The van der Waals surface area contributed by atoms with E-state index in [9.17, 15) is 5.26 Å². The summed E-state index contributed by atoms with van der Waals surface area (Å²) in [4.78, 5) is 0. The van der Waals surface area contributed by atoms with Crippen LogP contribution in [0.5, 0.6) is 11.5 Å². The Kier molecular flexibility index (Phi) is 6.80. The molecule has 0 fully saturated rings. The van der Waals surface area contributed by atoms with Gasteiger partial charge in [0.15, 0.2) is 11.5 Å². The Morgan fingerprint density at radius 2 is 1.82 bits per heavy atom. The van der Waals surface area contributed by atoms with Crippen molar-refractivity contribution < 1.29 is 9.47 Å². The molecule has 120 valence electrons. The molecule has 0 heterocycles. The SMILES string of the molecule is COc1ccc([C@](C#N)(CCCB(C)C)C(C)C)cc1OC. The van der Waals surface area contributed by atoms with Gasteiger partial charge in [-0.2, -0.15) is 5.26 Å². The van der Waals surface area contributed by atoms with E-state index in [-0.39, 0.29) is 5.92 Å². The zero-order valence-corrected chi connectivity index (χ0v) is 14.8. The molecule has 1 atom stereocenters. The third-order valence-electron chi connectivity index (χ3n) is 4.44. The maximum atomic E-state index is 9.93. The number of rotatable bonds is 8. The zero-order chi connectivity index (χ0) is 16.8. The Hall–Kier alpha value is -1.63. The van der Waals surface area contributed by atoms with Gasteiger partial charge in [-0.05, 0) is 30.0 Å². The molecule has 0 aromatic heterocycles. The van der Waals surface area contributed by atoms with Crippen LogP contribution in [-0.2, 0) is 5.41 Å². The van der Waals surface area contributed by atoms with Crippen molar-refractivity contribution in [2.75, 3.05) is 14.2 Å². The molecule has 0 amide bonds. The summed E-state index contributed by atoms with van der Waals surface area (Å²) in [6.07, 6.45) is 3.07. The van der Waals surface area contributed by atoms with Crippen LogP contribution in [-0.4, -0.2) is 20.9 Å². The van der Waals surface area contributed by atoms with Crippen LogP contribution in [0.1, 0.15) is 32.3 Å². The molecule has 4 heteroatoms. The normalized spacial score (nSPS) is 13.4. The van der Waals surface area contributed by atoms with Crippen molar-refractivity contribution in [2.45, 2.75) is 52.1 Å². The van der Waals surface area contributed by atoms with Gasteiger partial charge in [-0.25, -0.2) is 0 Å². The third kappa shape index (κ3) is 3.97. The van der Waals surface area contributed by atoms with E-state index in [1.165, 1.54) is 0 Å². The number of benzene rings is 1. The quantitative estimate of drug-likeness (QED) is 0.656. The first-order valence-corrected chi connectivity index (χ1v) is 8.05. The monoisotopic (exact) mass is 301 g/mol. The Labute approximate surface area is 135 Å². The molecule has 1 rings (SSSR count). The Bertz CT molecular complexity index is 522. The molecule has 0 radical (unpaired) electrons. The fraction of sp³-hybridized carbons (Fsp3) is 0.611. The summed E-state index contributed by atoms with van der Waals surface area (Å²) in [5.74, 6) is 1.62. The van der Waals surface area contributed by atoms with Gasteiger partial charge in [0.2, 0.25) is 0 Å². The molecular formula is C18H28BNO2. The molecule has 1 aromatic rings. The number of ether oxygens (including phenoxy) is 2. The van der Waals surface area contributed by atoms with Crippen LogP contribution in [0, 0.1) is 17.2 Å². The minimum atomic E-state index is -0.478. The second-order valence-electron chi connectivity index (χ2n) is 6.59. The van der Waals surface area contributed by atoms with Crippen molar-refractivity contribution in [3.05, 3.63) is 23.8 Å². The molecule has 0 saturated heterocycles. The molecule has 0 unspecified atom stereocenters. The first-order chi connectivity index (χ1) is 10.4. The van der Waals surface area contributed by atoms with E-state index in [4.69, 9.17) is 9.47 Å². The molecular weight excluding hydrogens is 273 g/mol. The second-order valence-corrected chi connectivity index (χ2v) is 6.59. The van der Waals surface area contributed by atoms with Gasteiger partial charge in [-0.1, -0.05) is 46.3 Å². The molecule has 22 heavy (non-hydrogen) atoms. The minimum absolute atomic E-state index is 0.239. The van der Waals surface area contributed by atoms with E-state index in [1.54, 1.807) is 14.2 Å². The first kappa shape index (κ1) is 18.4. The van der Waals surface area contributed by atoms with Crippen molar-refractivity contribution in [1.29, 1.82) is 5.26 Å². The predicted octanol–water partition coefficient (Wildman–Crippen LogP) is 4.66. The van der Waals surface area contributed by atoms with Crippen LogP contribution in [0.3, 0.4) is 0 Å². The van der Waals surface area contributed by atoms with Gasteiger partial charge >= 0.3 is 0 Å². The summed E-state index contributed by atoms with van der Waals surface area (Å²) in [7, 11) is 3.25. The average Bonchev–Trinajstić information content (AvgIpc) is 2.50. The number of hydrogen-bond donors (Lipinski definition) is 0. The fourth-order valence-corrected chi connectivity index (χ4v) is 2.92. The highest BCUT2D eigenvalue weighted by molar-refractivity contribution is 6.55. The maximum Gasteiger partial charge on any atom is 0.161 e. The molecule has 0 N–H and O–H groups in total. The van der Waals surface area contributed by atoms with Crippen molar-refractivity contribution in [3.8, 4) is 17.6 Å². The lowest BCUT2D eigenvalue weighted by molar-refractivity contribution is 0.344. The van der Waals surface area contributed by atoms with Crippen molar-refractivity contribution >= 4 is 6.71 Å². The van der Waals surface area contributed by atoms with Gasteiger partial charge in [-0.15, -0.1) is 0 Å². The van der Waals surface area contributed by atoms with E-state index < -0.39 is 5.41 Å². The smallest absolute Gasteiger partial charge is 0.161 e. The average molecular weight is 301 g/mol. The summed E-state index contributed by atoms with van der Waals surface area (Å²) in [6, 6.07) is 8.45.